The van der Waals surface area contributed by atoms with Gasteiger partial charge in [0.15, 0.2) is 0 Å². The number of nitro benzene ring substituents is 1. The number of amides is 1. The zero-order valence-corrected chi connectivity index (χ0v) is 41.9. The molecule has 1 spiro atoms. The van der Waals surface area contributed by atoms with Gasteiger partial charge in [-0.1, -0.05) is 18.2 Å². The number of para-hydroxylation sites is 1. The van der Waals surface area contributed by atoms with E-state index < -0.39 is 43.1 Å². The molecular formula is C53H64N8O10S. The standard InChI is InChI=1S/C53H64N8O10S/c1-33(2)70-47-7-5-4-6-39(47)45-30-68-23-22-59(45)37-27-53(28-37)17-20-58(21-18-53)36-8-10-40(42(25-36)60-44-24-35-14-19-54-49(35)56-51(44)71-48-32-69-31-46(48)60)50(62)57-72(66,67)38-9-11-41(43(26-38)61(64)65)55-29-34-12-15-52(3,63)16-13-34/h4-11,14,19,24-26,33-34,37,45-46,48,55,63H,12-13,15-18,20-23,27-32H2,1-3H3,(H,54,56)(H,57,62)/t34?,45-,46-,48-,52?/m1/s1. The van der Waals surface area contributed by atoms with Crippen LogP contribution in [-0.2, 0) is 19.5 Å². The second-order valence-electron chi connectivity index (χ2n) is 21.3. The normalized spacial score (nSPS) is 25.4. The number of hydrogen-bond donors (Lipinski definition) is 4. The minimum Gasteiger partial charge on any atom is -0.491 e. The quantitative estimate of drug-likeness (QED) is 0.0653. The van der Waals surface area contributed by atoms with E-state index in [9.17, 15) is 28.4 Å². The third-order valence-corrected chi connectivity index (χ3v) is 17.4. The lowest BCUT2D eigenvalue weighted by Gasteiger charge is -2.57. The van der Waals surface area contributed by atoms with E-state index in [-0.39, 0.29) is 47.4 Å². The molecule has 4 aliphatic heterocycles. The van der Waals surface area contributed by atoms with Crippen LogP contribution in [0.1, 0.15) is 94.1 Å². The molecule has 3 aromatic carbocycles. The number of fused-ring (bicyclic) bond motifs is 3. The number of carbonyl (C=O) groups is 1. The lowest BCUT2D eigenvalue weighted by atomic mass is 9.59. The van der Waals surface area contributed by atoms with Crippen LogP contribution in [0.4, 0.5) is 28.4 Å². The molecule has 0 bridgehead atoms. The van der Waals surface area contributed by atoms with Gasteiger partial charge in [-0.2, -0.15) is 4.98 Å². The van der Waals surface area contributed by atoms with Crippen LogP contribution in [0.25, 0.3) is 11.0 Å². The molecule has 11 rings (SSSR count). The Morgan fingerprint density at radius 1 is 0.972 bits per heavy atom. The van der Waals surface area contributed by atoms with Gasteiger partial charge < -0.3 is 44.2 Å². The second kappa shape index (κ2) is 19.1. The molecule has 2 aliphatic carbocycles. The number of sulfonamides is 1. The first-order valence-electron chi connectivity index (χ1n) is 25.4. The highest BCUT2D eigenvalue weighted by Crippen LogP contribution is 2.54. The monoisotopic (exact) mass is 1000 g/mol. The Kier molecular flexibility index (Phi) is 12.8. The number of rotatable bonds is 13. The number of hydrogen-bond acceptors (Lipinski definition) is 15. The van der Waals surface area contributed by atoms with E-state index in [2.05, 4.69) is 56.9 Å². The summed E-state index contributed by atoms with van der Waals surface area (Å²) in [5, 5.41) is 26.7. The van der Waals surface area contributed by atoms with Gasteiger partial charge in [0.2, 0.25) is 5.88 Å². The Hall–Kier alpha value is -5.99. The first kappa shape index (κ1) is 48.3. The maximum absolute atomic E-state index is 14.6. The molecule has 0 radical (unpaired) electrons. The molecule has 72 heavy (non-hydrogen) atoms. The van der Waals surface area contributed by atoms with Gasteiger partial charge >= 0.3 is 0 Å². The topological polar surface area (TPSA) is 214 Å². The van der Waals surface area contributed by atoms with E-state index in [4.69, 9.17) is 23.9 Å². The summed E-state index contributed by atoms with van der Waals surface area (Å²) < 4.78 is 55.3. The summed E-state index contributed by atoms with van der Waals surface area (Å²) >= 11 is 0. The first-order valence-corrected chi connectivity index (χ1v) is 26.9. The van der Waals surface area contributed by atoms with Gasteiger partial charge in [-0.3, -0.25) is 19.8 Å². The van der Waals surface area contributed by atoms with Crippen molar-refractivity contribution in [1.82, 2.24) is 19.6 Å². The molecule has 3 saturated heterocycles. The zero-order valence-electron chi connectivity index (χ0n) is 41.0. The molecule has 2 aromatic heterocycles. The number of H-pyrrole nitrogens is 1. The number of nitrogens with one attached hydrogen (secondary N) is 3. The predicted octanol–water partition coefficient (Wildman–Crippen LogP) is 7.85. The van der Waals surface area contributed by atoms with Gasteiger partial charge in [0.05, 0.1) is 71.3 Å². The van der Waals surface area contributed by atoms with Crippen molar-refractivity contribution in [3.05, 3.63) is 100 Å². The molecule has 19 heteroatoms. The van der Waals surface area contributed by atoms with Gasteiger partial charge in [0.25, 0.3) is 21.6 Å². The van der Waals surface area contributed by atoms with Crippen molar-refractivity contribution in [2.45, 2.75) is 113 Å². The van der Waals surface area contributed by atoms with Crippen LogP contribution < -0.4 is 29.3 Å². The summed E-state index contributed by atoms with van der Waals surface area (Å²) in [5.41, 5.74) is 3.09. The molecule has 6 heterocycles. The number of aromatic amines is 1. The smallest absolute Gasteiger partial charge is 0.293 e. The van der Waals surface area contributed by atoms with E-state index in [0.717, 1.165) is 81.0 Å². The highest BCUT2D eigenvalue weighted by molar-refractivity contribution is 7.90. The maximum atomic E-state index is 14.6. The molecule has 3 atom stereocenters. The Morgan fingerprint density at radius 3 is 2.54 bits per heavy atom. The molecule has 6 aliphatic rings. The fourth-order valence-electron chi connectivity index (χ4n) is 12.1. The largest absolute Gasteiger partial charge is 0.491 e. The molecule has 5 fully saturated rings. The van der Waals surface area contributed by atoms with Crippen molar-refractivity contribution in [1.29, 1.82) is 0 Å². The lowest BCUT2D eigenvalue weighted by molar-refractivity contribution is -0.384. The van der Waals surface area contributed by atoms with Crippen LogP contribution in [0.2, 0.25) is 0 Å². The number of pyridine rings is 1. The highest BCUT2D eigenvalue weighted by Gasteiger charge is 2.50. The van der Waals surface area contributed by atoms with Gasteiger partial charge in [-0.15, -0.1) is 0 Å². The third kappa shape index (κ3) is 9.45. The second-order valence-corrected chi connectivity index (χ2v) is 23.0. The summed E-state index contributed by atoms with van der Waals surface area (Å²) in [6.45, 7) is 10.8. The van der Waals surface area contributed by atoms with Crippen molar-refractivity contribution in [2.75, 3.05) is 67.7 Å². The van der Waals surface area contributed by atoms with Crippen LogP contribution >= 0.6 is 0 Å². The van der Waals surface area contributed by atoms with Crippen molar-refractivity contribution >= 4 is 55.4 Å². The summed E-state index contributed by atoms with van der Waals surface area (Å²) in [7, 11) is -4.63. The van der Waals surface area contributed by atoms with Crippen LogP contribution in [-0.4, -0.2) is 122 Å². The minimum atomic E-state index is -4.63. The van der Waals surface area contributed by atoms with Crippen molar-refractivity contribution in [3.8, 4) is 11.6 Å². The summed E-state index contributed by atoms with van der Waals surface area (Å²) in [4.78, 5) is 40.9. The number of nitrogens with zero attached hydrogens (tertiary/aromatic N) is 5. The van der Waals surface area contributed by atoms with Gasteiger partial charge in [0.1, 0.15) is 28.9 Å². The number of ether oxygens (including phenoxy) is 4. The Bertz CT molecular complexity index is 2960. The highest BCUT2D eigenvalue weighted by atomic mass is 32.2. The van der Waals surface area contributed by atoms with E-state index >= 15 is 0 Å². The van der Waals surface area contributed by atoms with E-state index in [1.807, 2.05) is 42.2 Å². The van der Waals surface area contributed by atoms with Crippen molar-refractivity contribution < 1.29 is 42.2 Å². The maximum Gasteiger partial charge on any atom is 0.293 e. The fourth-order valence-corrected chi connectivity index (χ4v) is 13.0. The number of benzene rings is 3. The Morgan fingerprint density at radius 2 is 1.76 bits per heavy atom. The molecular weight excluding hydrogens is 941 g/mol. The number of anilines is 4. The molecule has 2 saturated carbocycles. The number of aromatic nitrogens is 2. The van der Waals surface area contributed by atoms with Gasteiger partial charge in [-0.25, -0.2) is 13.1 Å². The number of morpholine rings is 1. The van der Waals surface area contributed by atoms with E-state index in [1.54, 1.807) is 12.3 Å². The fraction of sp³-hybridized carbons (Fsp3) is 0.509. The number of carbonyl (C=O) groups excluding carboxylic acids is 1. The average molecular weight is 1010 g/mol. The van der Waals surface area contributed by atoms with Gasteiger partial charge in [0, 0.05) is 61.1 Å². The number of piperidine rings is 1. The Labute approximate surface area is 419 Å². The van der Waals surface area contributed by atoms with Crippen LogP contribution in [0.15, 0.2) is 83.9 Å². The minimum absolute atomic E-state index is 0.0662. The lowest BCUT2D eigenvalue weighted by Crippen LogP contribution is -2.57. The van der Waals surface area contributed by atoms with E-state index in [0.29, 0.717) is 68.2 Å². The van der Waals surface area contributed by atoms with Crippen molar-refractivity contribution in [3.63, 3.8) is 0 Å². The first-order chi connectivity index (χ1) is 34.6. The zero-order chi connectivity index (χ0) is 49.9. The average Bonchev–Trinajstić information content (AvgIpc) is 4.03. The summed E-state index contributed by atoms with van der Waals surface area (Å²) in [6.07, 6.45) is 8.42. The van der Waals surface area contributed by atoms with Crippen LogP contribution in [0.3, 0.4) is 0 Å². The molecule has 18 nitrogen and oxygen atoms in total. The SMILES string of the molecule is CC(C)Oc1ccccc1[C@H]1COCCN1C1CC2(CCN(c3ccc(C(=O)NS(=O)(=O)c4ccc(NCC5CCC(C)(O)CC5)c([N+](=O)[O-])c4)c(N4c5cc6cc[nH]c6nc5O[C@@H]5COC[C@H]54)c3)CC2)C1. The molecule has 5 aromatic rings. The Balaban J connectivity index is 0.852. The molecule has 0 unspecified atom stereocenters. The third-order valence-electron chi connectivity index (χ3n) is 16.1. The summed E-state index contributed by atoms with van der Waals surface area (Å²) in [5.74, 6) is 0.568. The molecule has 1 amide bonds. The number of nitro groups is 1. The number of aliphatic hydroxyl groups is 1. The molecule has 382 valence electrons. The van der Waals surface area contributed by atoms with Crippen LogP contribution in [0.5, 0.6) is 11.6 Å². The van der Waals surface area contributed by atoms with Crippen LogP contribution in [0, 0.1) is 21.4 Å². The van der Waals surface area contributed by atoms with Crippen molar-refractivity contribution in [2.24, 2.45) is 11.3 Å². The van der Waals surface area contributed by atoms with E-state index in [1.165, 1.54) is 17.7 Å². The summed E-state index contributed by atoms with van der Waals surface area (Å²) in [6, 6.07) is 21.5. The molecule has 4 N–H and O–H groups in total. The van der Waals surface area contributed by atoms with Gasteiger partial charge in [-0.05, 0) is 132 Å². The predicted molar refractivity (Wildman–Crippen MR) is 272 cm³/mol.